The molecule has 2 nitrogen and oxygen atoms in total. The van der Waals surface area contributed by atoms with Crippen molar-refractivity contribution < 1.29 is 9.84 Å². The average Bonchev–Trinajstić information content (AvgIpc) is 2.33. The van der Waals surface area contributed by atoms with Crippen LogP contribution in [0, 0.1) is 39.9 Å². The summed E-state index contributed by atoms with van der Waals surface area (Å²) in [6.45, 7) is 25.2. The Kier molecular flexibility index (Phi) is 7.24. The molecule has 1 rings (SSSR count). The average molecular weight is 355 g/mol. The molecule has 5 unspecified atom stereocenters. The Morgan fingerprint density at radius 1 is 0.880 bits per heavy atom. The molecule has 150 valence electrons. The van der Waals surface area contributed by atoms with Crippen molar-refractivity contribution in [3.8, 4) is 0 Å². The van der Waals surface area contributed by atoms with Gasteiger partial charge < -0.3 is 9.84 Å². The van der Waals surface area contributed by atoms with Crippen LogP contribution in [0.2, 0.25) is 0 Å². The van der Waals surface area contributed by atoms with Crippen LogP contribution in [0.5, 0.6) is 0 Å². The minimum atomic E-state index is -0.692. The summed E-state index contributed by atoms with van der Waals surface area (Å²) in [5, 5.41) is 10.9. The van der Waals surface area contributed by atoms with Gasteiger partial charge >= 0.3 is 0 Å². The number of rotatable bonds is 5. The van der Waals surface area contributed by atoms with Crippen molar-refractivity contribution in [2.45, 2.75) is 108 Å². The summed E-state index contributed by atoms with van der Waals surface area (Å²) in [5.74, 6) is 2.38. The second kappa shape index (κ2) is 7.89. The molecule has 1 N–H and O–H groups in total. The fourth-order valence-electron chi connectivity index (χ4n) is 5.12. The normalized spacial score (nSPS) is 30.6. The molecular weight excluding hydrogens is 308 g/mol. The lowest BCUT2D eigenvalue weighted by Gasteiger charge is -2.50. The van der Waals surface area contributed by atoms with E-state index in [1.165, 1.54) is 6.42 Å². The summed E-state index contributed by atoms with van der Waals surface area (Å²) in [6.07, 6.45) is 2.67. The van der Waals surface area contributed by atoms with Crippen molar-refractivity contribution in [3.63, 3.8) is 0 Å². The smallest absolute Gasteiger partial charge is 0.160 e. The highest BCUT2D eigenvalue weighted by Crippen LogP contribution is 2.50. The van der Waals surface area contributed by atoms with Gasteiger partial charge in [0.25, 0.3) is 0 Å². The highest BCUT2D eigenvalue weighted by molar-refractivity contribution is 4.94. The third-order valence-electron chi connectivity index (χ3n) is 6.38. The van der Waals surface area contributed by atoms with Gasteiger partial charge in [0.2, 0.25) is 0 Å². The molecule has 0 amide bonds. The van der Waals surface area contributed by atoms with Crippen molar-refractivity contribution in [2.75, 3.05) is 0 Å². The number of ether oxygens (including phenoxy) is 1. The van der Waals surface area contributed by atoms with Gasteiger partial charge in [-0.25, -0.2) is 0 Å². The molecule has 0 saturated heterocycles. The zero-order valence-corrected chi connectivity index (χ0v) is 18.9. The Bertz CT molecular complexity index is 411. The first-order valence-corrected chi connectivity index (χ1v) is 10.4. The summed E-state index contributed by atoms with van der Waals surface area (Å²) in [5.41, 5.74) is 0.306. The van der Waals surface area contributed by atoms with E-state index in [2.05, 4.69) is 76.2 Å². The number of aliphatic hydroxyl groups excluding tert-OH is 1. The third kappa shape index (κ3) is 6.24. The van der Waals surface area contributed by atoms with Gasteiger partial charge in [-0.15, -0.1) is 0 Å². The molecule has 1 saturated carbocycles. The Balaban J connectivity index is 2.97. The fourth-order valence-corrected chi connectivity index (χ4v) is 5.12. The Morgan fingerprint density at radius 2 is 1.36 bits per heavy atom. The van der Waals surface area contributed by atoms with E-state index in [-0.39, 0.29) is 16.9 Å². The third-order valence-corrected chi connectivity index (χ3v) is 6.38. The molecule has 5 atom stereocenters. The van der Waals surface area contributed by atoms with Gasteiger partial charge in [0.15, 0.2) is 6.29 Å². The maximum Gasteiger partial charge on any atom is 0.160 e. The molecule has 0 bridgehead atoms. The topological polar surface area (TPSA) is 29.5 Å². The van der Waals surface area contributed by atoms with E-state index in [1.54, 1.807) is 0 Å². The molecular formula is C23H46O2. The van der Waals surface area contributed by atoms with Crippen molar-refractivity contribution in [2.24, 2.45) is 39.9 Å². The Morgan fingerprint density at radius 3 is 1.76 bits per heavy atom. The van der Waals surface area contributed by atoms with Crippen LogP contribution in [0.3, 0.4) is 0 Å². The van der Waals surface area contributed by atoms with Crippen LogP contribution in [0.4, 0.5) is 0 Å². The maximum absolute atomic E-state index is 10.9. The summed E-state index contributed by atoms with van der Waals surface area (Å²) < 4.78 is 6.38. The molecule has 25 heavy (non-hydrogen) atoms. The summed E-state index contributed by atoms with van der Waals surface area (Å²) in [7, 11) is 0. The minimum absolute atomic E-state index is 0.148. The molecule has 0 aliphatic heterocycles. The van der Waals surface area contributed by atoms with Crippen LogP contribution >= 0.6 is 0 Å². The molecule has 0 radical (unpaired) electrons. The Labute approximate surface area is 158 Å². The SMILES string of the molecule is CC(C)CC(C)(C)C(O)OC1CC(C)C(C(C)(C)C)CC1C(C)(C)C. The zero-order chi connectivity index (χ0) is 19.8. The maximum atomic E-state index is 10.9. The van der Waals surface area contributed by atoms with Gasteiger partial charge in [-0.1, -0.05) is 76.2 Å². The molecule has 1 fully saturated rings. The van der Waals surface area contributed by atoms with E-state index in [4.69, 9.17) is 4.74 Å². The summed E-state index contributed by atoms with van der Waals surface area (Å²) in [4.78, 5) is 0. The highest BCUT2D eigenvalue weighted by atomic mass is 16.6. The number of aliphatic hydroxyl groups is 1. The molecule has 0 aromatic rings. The molecule has 0 aromatic carbocycles. The van der Waals surface area contributed by atoms with Crippen LogP contribution in [0.15, 0.2) is 0 Å². The van der Waals surface area contributed by atoms with E-state index in [0.29, 0.717) is 29.1 Å². The lowest BCUT2D eigenvalue weighted by molar-refractivity contribution is -0.229. The number of hydrogen-bond donors (Lipinski definition) is 1. The van der Waals surface area contributed by atoms with Crippen molar-refractivity contribution in [1.82, 2.24) is 0 Å². The molecule has 0 spiro atoms. The standard InChI is InChI=1S/C23H46O2/c1-15(2)14-23(10,11)20(24)25-19-12-16(3)17(21(4,5)6)13-18(19)22(7,8)9/h15-20,24H,12-14H2,1-11H3. The van der Waals surface area contributed by atoms with Gasteiger partial charge in [-0.05, 0) is 53.8 Å². The van der Waals surface area contributed by atoms with Crippen LogP contribution in [0.1, 0.15) is 95.4 Å². The predicted molar refractivity (Wildman–Crippen MR) is 108 cm³/mol. The minimum Gasteiger partial charge on any atom is -0.367 e. The Hall–Kier alpha value is -0.0800. The van der Waals surface area contributed by atoms with Gasteiger partial charge in [-0.3, -0.25) is 0 Å². The summed E-state index contributed by atoms with van der Waals surface area (Å²) >= 11 is 0. The molecule has 0 heterocycles. The molecule has 0 aromatic heterocycles. The van der Waals surface area contributed by atoms with Crippen molar-refractivity contribution in [1.29, 1.82) is 0 Å². The molecule has 1 aliphatic rings. The summed E-state index contributed by atoms with van der Waals surface area (Å²) in [6, 6.07) is 0. The van der Waals surface area contributed by atoms with E-state index >= 15 is 0 Å². The van der Waals surface area contributed by atoms with Crippen LogP contribution < -0.4 is 0 Å². The lowest BCUT2D eigenvalue weighted by Crippen LogP contribution is -2.48. The predicted octanol–water partition coefficient (Wildman–Crippen LogP) is 6.52. The molecule has 2 heteroatoms. The van der Waals surface area contributed by atoms with Crippen LogP contribution in [-0.2, 0) is 4.74 Å². The van der Waals surface area contributed by atoms with Gasteiger partial charge in [-0.2, -0.15) is 0 Å². The van der Waals surface area contributed by atoms with Crippen LogP contribution in [-0.4, -0.2) is 17.5 Å². The highest BCUT2D eigenvalue weighted by Gasteiger charge is 2.46. The first-order chi connectivity index (χ1) is 11.1. The monoisotopic (exact) mass is 354 g/mol. The van der Waals surface area contributed by atoms with E-state index in [1.807, 2.05) is 0 Å². The van der Waals surface area contributed by atoms with Gasteiger partial charge in [0.05, 0.1) is 6.10 Å². The molecule has 1 aliphatic carbocycles. The van der Waals surface area contributed by atoms with Gasteiger partial charge in [0.1, 0.15) is 0 Å². The second-order valence-corrected chi connectivity index (χ2v) is 12.0. The zero-order valence-electron chi connectivity index (χ0n) is 18.9. The van der Waals surface area contributed by atoms with Crippen molar-refractivity contribution >= 4 is 0 Å². The van der Waals surface area contributed by atoms with Crippen molar-refractivity contribution in [3.05, 3.63) is 0 Å². The first kappa shape index (κ1) is 23.0. The largest absolute Gasteiger partial charge is 0.367 e. The lowest BCUT2D eigenvalue weighted by atomic mass is 9.58. The first-order valence-electron chi connectivity index (χ1n) is 10.4. The quantitative estimate of drug-likeness (QED) is 0.570. The van der Waals surface area contributed by atoms with Gasteiger partial charge in [0, 0.05) is 5.41 Å². The second-order valence-electron chi connectivity index (χ2n) is 12.0. The fraction of sp³-hybridized carbons (Fsp3) is 1.00. The van der Waals surface area contributed by atoms with Crippen LogP contribution in [0.25, 0.3) is 0 Å². The van der Waals surface area contributed by atoms with E-state index < -0.39 is 6.29 Å². The number of hydrogen-bond acceptors (Lipinski definition) is 2. The van der Waals surface area contributed by atoms with E-state index in [9.17, 15) is 5.11 Å². The van der Waals surface area contributed by atoms with E-state index in [0.717, 1.165) is 12.8 Å².